The number of piperidine rings is 1. The van der Waals surface area contributed by atoms with E-state index in [9.17, 15) is 0 Å². The maximum atomic E-state index is 3.91. The van der Waals surface area contributed by atoms with Crippen LogP contribution in [0.3, 0.4) is 0 Å². The lowest BCUT2D eigenvalue weighted by Gasteiger charge is -2.28. The molecule has 1 N–H and O–H groups in total. The van der Waals surface area contributed by atoms with Gasteiger partial charge in [-0.15, -0.1) is 6.58 Å². The Balaban J connectivity index is 1.94. The normalized spacial score (nSPS) is 19.3. The van der Waals surface area contributed by atoms with Gasteiger partial charge in [0.15, 0.2) is 0 Å². The smallest absolute Gasteiger partial charge is 0.00118 e. The lowest BCUT2D eigenvalue weighted by Crippen LogP contribution is -2.31. The van der Waals surface area contributed by atoms with E-state index in [-0.39, 0.29) is 0 Å². The summed E-state index contributed by atoms with van der Waals surface area (Å²) in [6, 6.07) is 0. The Bertz CT molecular complexity index is 181. The van der Waals surface area contributed by atoms with Crippen LogP contribution in [-0.4, -0.2) is 38.1 Å². The number of hydrogen-bond acceptors (Lipinski definition) is 2. The van der Waals surface area contributed by atoms with Crippen LogP contribution in [0, 0.1) is 5.92 Å². The summed E-state index contributed by atoms with van der Waals surface area (Å²) in [5.74, 6) is 0.957. The van der Waals surface area contributed by atoms with E-state index >= 15 is 0 Å². The van der Waals surface area contributed by atoms with Gasteiger partial charge in [0.25, 0.3) is 0 Å². The van der Waals surface area contributed by atoms with Gasteiger partial charge in [-0.3, -0.25) is 0 Å². The number of rotatable bonds is 6. The van der Waals surface area contributed by atoms with E-state index in [0.717, 1.165) is 18.9 Å². The van der Waals surface area contributed by atoms with Crippen LogP contribution in [0.25, 0.3) is 0 Å². The van der Waals surface area contributed by atoms with E-state index < -0.39 is 0 Å². The van der Waals surface area contributed by atoms with Gasteiger partial charge < -0.3 is 10.2 Å². The van der Waals surface area contributed by atoms with Gasteiger partial charge in [0, 0.05) is 0 Å². The first-order chi connectivity index (χ1) is 7.18. The minimum Gasteiger partial charge on any atom is -0.316 e. The summed E-state index contributed by atoms with van der Waals surface area (Å²) in [6.45, 7) is 10.9. The minimum atomic E-state index is 0.957. The van der Waals surface area contributed by atoms with Crippen molar-refractivity contribution in [1.29, 1.82) is 0 Å². The molecule has 0 atom stereocenters. The van der Waals surface area contributed by atoms with Gasteiger partial charge in [-0.1, -0.05) is 5.57 Å². The summed E-state index contributed by atoms with van der Waals surface area (Å²) in [4.78, 5) is 2.44. The van der Waals surface area contributed by atoms with Crippen LogP contribution in [0.2, 0.25) is 0 Å². The first-order valence-corrected chi connectivity index (χ1v) is 6.22. The minimum absolute atomic E-state index is 0.957. The maximum Gasteiger partial charge on any atom is -0.00118 e. The zero-order valence-corrected chi connectivity index (χ0v) is 10.4. The van der Waals surface area contributed by atoms with Gasteiger partial charge in [-0.25, -0.2) is 0 Å². The third-order valence-corrected chi connectivity index (χ3v) is 3.30. The molecule has 2 heteroatoms. The number of nitrogens with zero attached hydrogens (tertiary/aromatic N) is 1. The molecule has 2 nitrogen and oxygen atoms in total. The maximum absolute atomic E-state index is 3.91. The summed E-state index contributed by atoms with van der Waals surface area (Å²) in [7, 11) is 2.22. The molecule has 0 amide bonds. The molecule has 0 bridgehead atoms. The summed E-state index contributed by atoms with van der Waals surface area (Å²) in [5.41, 5.74) is 1.28. The highest BCUT2D eigenvalue weighted by atomic mass is 15.1. The number of nitrogens with one attached hydrogen (secondary N) is 1. The molecule has 0 aromatic rings. The monoisotopic (exact) mass is 210 g/mol. The SMILES string of the molecule is C=C(C)CCNCCC1CCN(C)CC1. The Morgan fingerprint density at radius 3 is 2.60 bits per heavy atom. The molecule has 0 radical (unpaired) electrons. The van der Waals surface area contributed by atoms with Gasteiger partial charge >= 0.3 is 0 Å². The van der Waals surface area contributed by atoms with Gasteiger partial charge in [-0.05, 0) is 71.8 Å². The molecule has 0 unspecified atom stereocenters. The van der Waals surface area contributed by atoms with E-state index in [4.69, 9.17) is 0 Å². The molecule has 0 aromatic carbocycles. The van der Waals surface area contributed by atoms with E-state index in [0.29, 0.717) is 0 Å². The third-order valence-electron chi connectivity index (χ3n) is 3.30. The Morgan fingerprint density at radius 2 is 2.00 bits per heavy atom. The van der Waals surface area contributed by atoms with Crippen LogP contribution < -0.4 is 5.32 Å². The quantitative estimate of drug-likeness (QED) is 0.534. The fraction of sp³-hybridized carbons (Fsp3) is 0.846. The fourth-order valence-corrected chi connectivity index (χ4v) is 2.08. The number of likely N-dealkylation sites (tertiary alicyclic amines) is 1. The van der Waals surface area contributed by atoms with Crippen molar-refractivity contribution in [1.82, 2.24) is 10.2 Å². The largest absolute Gasteiger partial charge is 0.316 e. The molecule has 1 heterocycles. The van der Waals surface area contributed by atoms with Crippen molar-refractivity contribution in [2.24, 2.45) is 5.92 Å². The molecule has 1 fully saturated rings. The van der Waals surface area contributed by atoms with Crippen molar-refractivity contribution in [3.8, 4) is 0 Å². The van der Waals surface area contributed by atoms with Crippen molar-refractivity contribution in [2.75, 3.05) is 33.2 Å². The Morgan fingerprint density at radius 1 is 1.33 bits per heavy atom. The van der Waals surface area contributed by atoms with Crippen LogP contribution in [0.4, 0.5) is 0 Å². The molecule has 15 heavy (non-hydrogen) atoms. The molecule has 1 aliphatic heterocycles. The number of hydrogen-bond donors (Lipinski definition) is 1. The predicted molar refractivity (Wildman–Crippen MR) is 67.1 cm³/mol. The topological polar surface area (TPSA) is 15.3 Å². The zero-order valence-electron chi connectivity index (χ0n) is 10.4. The summed E-state index contributed by atoms with van der Waals surface area (Å²) in [5, 5.41) is 3.50. The van der Waals surface area contributed by atoms with Crippen molar-refractivity contribution in [3.05, 3.63) is 12.2 Å². The first kappa shape index (κ1) is 12.7. The second kappa shape index (κ2) is 7.02. The zero-order chi connectivity index (χ0) is 11.1. The summed E-state index contributed by atoms with van der Waals surface area (Å²) >= 11 is 0. The lowest BCUT2D eigenvalue weighted by atomic mass is 9.94. The molecule has 0 spiro atoms. The average molecular weight is 210 g/mol. The highest BCUT2D eigenvalue weighted by Crippen LogP contribution is 2.18. The predicted octanol–water partition coefficient (Wildman–Crippen LogP) is 2.27. The van der Waals surface area contributed by atoms with E-state index in [1.165, 1.54) is 44.5 Å². The van der Waals surface area contributed by atoms with Gasteiger partial charge in [0.1, 0.15) is 0 Å². The van der Waals surface area contributed by atoms with Crippen LogP contribution in [0.5, 0.6) is 0 Å². The van der Waals surface area contributed by atoms with Gasteiger partial charge in [0.05, 0.1) is 0 Å². The van der Waals surface area contributed by atoms with Crippen LogP contribution in [-0.2, 0) is 0 Å². The molecular formula is C13H26N2. The fourth-order valence-electron chi connectivity index (χ4n) is 2.08. The highest BCUT2D eigenvalue weighted by molar-refractivity contribution is 4.88. The first-order valence-electron chi connectivity index (χ1n) is 6.22. The Labute approximate surface area is 94.7 Å². The standard InChI is InChI=1S/C13H26N2/c1-12(2)4-8-14-9-5-13-6-10-15(3)11-7-13/h13-14H,1,4-11H2,2-3H3. The summed E-state index contributed by atoms with van der Waals surface area (Å²) < 4.78 is 0. The van der Waals surface area contributed by atoms with Gasteiger partial charge in [0.2, 0.25) is 0 Å². The van der Waals surface area contributed by atoms with Crippen molar-refractivity contribution in [3.63, 3.8) is 0 Å². The van der Waals surface area contributed by atoms with E-state index in [1.807, 2.05) is 0 Å². The van der Waals surface area contributed by atoms with Crippen LogP contribution in [0.1, 0.15) is 32.6 Å². The molecule has 88 valence electrons. The second-order valence-corrected chi connectivity index (χ2v) is 4.99. The average Bonchev–Trinajstić information content (AvgIpc) is 2.20. The van der Waals surface area contributed by atoms with E-state index in [2.05, 4.69) is 30.8 Å². The molecular weight excluding hydrogens is 184 g/mol. The van der Waals surface area contributed by atoms with E-state index in [1.54, 1.807) is 0 Å². The van der Waals surface area contributed by atoms with Crippen molar-refractivity contribution < 1.29 is 0 Å². The molecule has 1 aliphatic rings. The molecule has 1 rings (SSSR count). The Hall–Kier alpha value is -0.340. The molecule has 0 aliphatic carbocycles. The van der Waals surface area contributed by atoms with Crippen molar-refractivity contribution >= 4 is 0 Å². The van der Waals surface area contributed by atoms with Crippen molar-refractivity contribution in [2.45, 2.75) is 32.6 Å². The highest BCUT2D eigenvalue weighted by Gasteiger charge is 2.15. The van der Waals surface area contributed by atoms with Gasteiger partial charge in [-0.2, -0.15) is 0 Å². The molecule has 0 saturated carbocycles. The van der Waals surface area contributed by atoms with Crippen LogP contribution >= 0.6 is 0 Å². The molecule has 1 saturated heterocycles. The molecule has 0 aromatic heterocycles. The Kier molecular flexibility index (Phi) is 5.96. The second-order valence-electron chi connectivity index (χ2n) is 4.99. The lowest BCUT2D eigenvalue weighted by molar-refractivity contribution is 0.212. The third kappa shape index (κ3) is 5.95. The summed E-state index contributed by atoms with van der Waals surface area (Å²) in [6.07, 6.45) is 5.24. The van der Waals surface area contributed by atoms with Crippen LogP contribution in [0.15, 0.2) is 12.2 Å².